The monoisotopic (exact) mass is 460 g/mol. The largest absolute Gasteiger partial charge is 0.871 e. The van der Waals surface area contributed by atoms with Gasteiger partial charge in [-0.25, -0.2) is 9.97 Å². The van der Waals surface area contributed by atoms with Crippen LogP contribution in [0.1, 0.15) is 21.5 Å². The molecule has 0 unspecified atom stereocenters. The summed E-state index contributed by atoms with van der Waals surface area (Å²) in [6, 6.07) is 21.4. The molecule has 9 heteroatoms. The molecule has 3 aromatic carbocycles. The summed E-state index contributed by atoms with van der Waals surface area (Å²) in [5.74, 6) is -0.0791. The Morgan fingerprint density at radius 2 is 1.74 bits per heavy atom. The SMILES string of the molecule is N#Cc1cnn(-c2ncccn2)c1NCNc1c([O-])c(C(=O)c2ccccc2)cc2ccccc12. The Labute approximate surface area is 200 Å². The Bertz CT molecular complexity index is 1560. The number of ketones is 1. The average molecular weight is 460 g/mol. The second-order valence-electron chi connectivity index (χ2n) is 7.55. The van der Waals surface area contributed by atoms with Crippen LogP contribution in [-0.2, 0) is 0 Å². The van der Waals surface area contributed by atoms with Gasteiger partial charge in [0.05, 0.1) is 12.9 Å². The second kappa shape index (κ2) is 9.33. The predicted molar refractivity (Wildman–Crippen MR) is 129 cm³/mol. The Kier molecular flexibility index (Phi) is 5.76. The number of anilines is 2. The molecule has 0 saturated heterocycles. The van der Waals surface area contributed by atoms with E-state index < -0.39 is 5.75 Å². The summed E-state index contributed by atoms with van der Waals surface area (Å²) in [6.45, 7) is 0.0788. The molecule has 2 aromatic heterocycles. The van der Waals surface area contributed by atoms with E-state index in [-0.39, 0.29) is 23.7 Å². The highest BCUT2D eigenvalue weighted by Gasteiger charge is 2.16. The molecule has 2 N–H and O–H groups in total. The van der Waals surface area contributed by atoms with E-state index in [0.29, 0.717) is 28.3 Å². The molecule has 0 atom stereocenters. The van der Waals surface area contributed by atoms with Crippen molar-refractivity contribution in [2.75, 3.05) is 17.3 Å². The van der Waals surface area contributed by atoms with E-state index in [0.717, 1.165) is 5.39 Å². The van der Waals surface area contributed by atoms with Crippen molar-refractivity contribution in [1.29, 1.82) is 5.26 Å². The third-order valence-electron chi connectivity index (χ3n) is 5.43. The van der Waals surface area contributed by atoms with Gasteiger partial charge in [0.1, 0.15) is 11.6 Å². The lowest BCUT2D eigenvalue weighted by molar-refractivity contribution is -0.267. The van der Waals surface area contributed by atoms with Gasteiger partial charge < -0.3 is 15.7 Å². The predicted octanol–water partition coefficient (Wildman–Crippen LogP) is 3.47. The van der Waals surface area contributed by atoms with Crippen LogP contribution in [0.25, 0.3) is 16.7 Å². The molecular weight excluding hydrogens is 442 g/mol. The summed E-state index contributed by atoms with van der Waals surface area (Å²) in [6.07, 6.45) is 4.55. The van der Waals surface area contributed by atoms with E-state index in [4.69, 9.17) is 0 Å². The van der Waals surface area contributed by atoms with Crippen molar-refractivity contribution < 1.29 is 9.90 Å². The zero-order valence-electron chi connectivity index (χ0n) is 18.3. The van der Waals surface area contributed by atoms with Crippen LogP contribution in [-0.4, -0.2) is 32.2 Å². The van der Waals surface area contributed by atoms with Crippen molar-refractivity contribution in [2.45, 2.75) is 0 Å². The number of rotatable bonds is 7. The molecule has 5 rings (SSSR count). The number of carbonyl (C=O) groups excluding carboxylic acids is 1. The highest BCUT2D eigenvalue weighted by molar-refractivity contribution is 6.15. The van der Waals surface area contributed by atoms with Crippen molar-refractivity contribution in [3.63, 3.8) is 0 Å². The third kappa shape index (κ3) is 4.12. The van der Waals surface area contributed by atoms with Crippen LogP contribution in [0, 0.1) is 11.3 Å². The van der Waals surface area contributed by atoms with Crippen molar-refractivity contribution in [3.05, 3.63) is 102 Å². The molecule has 0 amide bonds. The first-order chi connectivity index (χ1) is 17.2. The molecule has 0 aliphatic rings. The summed E-state index contributed by atoms with van der Waals surface area (Å²) >= 11 is 0. The molecule has 0 aliphatic carbocycles. The minimum Gasteiger partial charge on any atom is -0.871 e. The van der Waals surface area contributed by atoms with Crippen LogP contribution in [0.4, 0.5) is 11.5 Å². The molecule has 0 fully saturated rings. The minimum absolute atomic E-state index is 0.0788. The van der Waals surface area contributed by atoms with Crippen LogP contribution in [0.3, 0.4) is 0 Å². The van der Waals surface area contributed by atoms with E-state index in [9.17, 15) is 15.2 Å². The minimum atomic E-state index is -0.403. The Morgan fingerprint density at radius 3 is 2.51 bits per heavy atom. The molecule has 9 nitrogen and oxygen atoms in total. The van der Waals surface area contributed by atoms with Gasteiger partial charge in [-0.15, -0.1) is 0 Å². The Balaban J connectivity index is 1.48. The van der Waals surface area contributed by atoms with E-state index in [2.05, 4.69) is 31.8 Å². The number of fused-ring (bicyclic) bond motifs is 1. The molecular formula is C26H18N7O2-. The molecule has 170 valence electrons. The molecule has 35 heavy (non-hydrogen) atoms. The first kappa shape index (κ1) is 21.6. The Hall–Kier alpha value is -5.23. The molecule has 0 spiro atoms. The second-order valence-corrected chi connectivity index (χ2v) is 7.55. The van der Waals surface area contributed by atoms with Gasteiger partial charge in [0.2, 0.25) is 0 Å². The average Bonchev–Trinajstić information content (AvgIpc) is 3.33. The van der Waals surface area contributed by atoms with Gasteiger partial charge in [0.25, 0.3) is 5.95 Å². The molecule has 0 bridgehead atoms. The fourth-order valence-corrected chi connectivity index (χ4v) is 3.79. The van der Waals surface area contributed by atoms with Crippen molar-refractivity contribution in [2.24, 2.45) is 0 Å². The summed E-state index contributed by atoms with van der Waals surface area (Å²) < 4.78 is 1.41. The van der Waals surface area contributed by atoms with Gasteiger partial charge >= 0.3 is 0 Å². The van der Waals surface area contributed by atoms with Gasteiger partial charge in [-0.3, -0.25) is 4.79 Å². The lowest BCUT2D eigenvalue weighted by Crippen LogP contribution is -2.18. The van der Waals surface area contributed by atoms with E-state index in [1.165, 1.54) is 10.9 Å². The number of aromatic nitrogens is 4. The molecule has 0 radical (unpaired) electrons. The molecule has 0 aliphatic heterocycles. The van der Waals surface area contributed by atoms with Gasteiger partial charge in [-0.05, 0) is 17.5 Å². The summed E-state index contributed by atoms with van der Waals surface area (Å²) in [4.78, 5) is 21.4. The number of hydrogen-bond acceptors (Lipinski definition) is 8. The zero-order chi connectivity index (χ0) is 24.2. The fourth-order valence-electron chi connectivity index (χ4n) is 3.79. The topological polar surface area (TPSA) is 132 Å². The fraction of sp³-hybridized carbons (Fsp3) is 0.0385. The number of benzene rings is 3. The summed E-state index contributed by atoms with van der Waals surface area (Å²) in [5, 5.41) is 34.7. The summed E-state index contributed by atoms with van der Waals surface area (Å²) in [7, 11) is 0. The van der Waals surface area contributed by atoms with Crippen LogP contribution in [0.15, 0.2) is 85.3 Å². The first-order valence-corrected chi connectivity index (χ1v) is 10.7. The maximum absolute atomic E-state index is 13.4. The summed E-state index contributed by atoms with van der Waals surface area (Å²) in [5.41, 5.74) is 1.10. The number of nitrogens with one attached hydrogen (secondary N) is 2. The normalized spacial score (nSPS) is 10.6. The zero-order valence-corrected chi connectivity index (χ0v) is 18.3. The number of nitriles is 1. The van der Waals surface area contributed by atoms with E-state index in [1.807, 2.05) is 30.3 Å². The van der Waals surface area contributed by atoms with Gasteiger partial charge in [-0.2, -0.15) is 15.0 Å². The Morgan fingerprint density at radius 1 is 1.00 bits per heavy atom. The van der Waals surface area contributed by atoms with Gasteiger partial charge in [0.15, 0.2) is 11.6 Å². The van der Waals surface area contributed by atoms with E-state index in [1.54, 1.807) is 48.8 Å². The standard InChI is InChI=1S/C26H19N7O2/c27-14-19-15-32-33(26-28-11-6-12-29-26)25(19)31-16-30-22-20-10-5-4-9-18(20)13-21(24(22)35)23(34)17-7-2-1-3-8-17/h1-13,15,30-31,35H,16H2/p-1. The van der Waals surface area contributed by atoms with Crippen molar-refractivity contribution in [1.82, 2.24) is 19.7 Å². The van der Waals surface area contributed by atoms with Crippen LogP contribution >= 0.6 is 0 Å². The maximum atomic E-state index is 13.4. The lowest BCUT2D eigenvalue weighted by atomic mass is 9.97. The first-order valence-electron chi connectivity index (χ1n) is 10.7. The number of hydrogen-bond donors (Lipinski definition) is 2. The smallest absolute Gasteiger partial charge is 0.252 e. The molecule has 5 aromatic rings. The van der Waals surface area contributed by atoms with E-state index >= 15 is 0 Å². The number of carbonyl (C=O) groups is 1. The van der Waals surface area contributed by atoms with Crippen LogP contribution in [0.2, 0.25) is 0 Å². The molecule has 2 heterocycles. The van der Waals surface area contributed by atoms with Crippen LogP contribution < -0.4 is 15.7 Å². The quantitative estimate of drug-likeness (QED) is 0.279. The van der Waals surface area contributed by atoms with Crippen LogP contribution in [0.5, 0.6) is 5.75 Å². The van der Waals surface area contributed by atoms with Crippen molar-refractivity contribution in [3.8, 4) is 17.8 Å². The maximum Gasteiger partial charge on any atom is 0.252 e. The lowest BCUT2D eigenvalue weighted by Gasteiger charge is -2.22. The van der Waals surface area contributed by atoms with Gasteiger partial charge in [0, 0.05) is 34.6 Å². The third-order valence-corrected chi connectivity index (χ3v) is 5.43. The number of nitrogens with zero attached hydrogens (tertiary/aromatic N) is 5. The molecule has 0 saturated carbocycles. The van der Waals surface area contributed by atoms with Crippen molar-refractivity contribution >= 4 is 28.1 Å². The highest BCUT2D eigenvalue weighted by Crippen LogP contribution is 2.35. The highest BCUT2D eigenvalue weighted by atomic mass is 16.3. The van der Waals surface area contributed by atoms with Gasteiger partial charge in [-0.1, -0.05) is 60.3 Å².